The van der Waals surface area contributed by atoms with Gasteiger partial charge in [0, 0.05) is 36.7 Å². The van der Waals surface area contributed by atoms with E-state index in [1.807, 2.05) is 29.2 Å². The average Bonchev–Trinajstić information content (AvgIpc) is 3.51. The molecule has 13 heteroatoms. The predicted octanol–water partition coefficient (Wildman–Crippen LogP) is 4.40. The molecule has 1 saturated heterocycles. The first kappa shape index (κ1) is 24.3. The third kappa shape index (κ3) is 4.24. The smallest absolute Gasteiger partial charge is 0.282 e. The second-order valence-electron chi connectivity index (χ2n) is 9.39. The number of carbonyl (C=O) groups is 1. The summed E-state index contributed by atoms with van der Waals surface area (Å²) in [5.74, 6) is -3.66. The molecule has 5 heterocycles. The Hall–Kier alpha value is -4.06. The lowest BCUT2D eigenvalue weighted by atomic mass is 10.1. The topological polar surface area (TPSA) is 95.0 Å². The number of H-pyrrole nitrogens is 1. The number of nitrogens with zero attached hydrogens (tertiary/aromatic N) is 6. The van der Waals surface area contributed by atoms with Gasteiger partial charge in [-0.25, -0.2) is 18.2 Å². The highest BCUT2D eigenvalue weighted by atomic mass is 35.5. The van der Waals surface area contributed by atoms with Crippen LogP contribution < -0.4 is 10.2 Å². The summed E-state index contributed by atoms with van der Waals surface area (Å²) in [6.07, 6.45) is 5.09. The summed E-state index contributed by atoms with van der Waals surface area (Å²) in [5, 5.41) is 9.99. The highest BCUT2D eigenvalue weighted by Crippen LogP contribution is 2.36. The van der Waals surface area contributed by atoms with Crippen molar-refractivity contribution in [1.29, 1.82) is 0 Å². The monoisotopic (exact) mass is 542 g/mol. The molecular weight excluding hydrogens is 521 g/mol. The third-order valence-electron chi connectivity index (χ3n) is 6.86. The SMILES string of the molecule is Cn1c2c(c(Cl)c1C(=O)N1CC(F)(F)C1)CCN(c1ncc(F)c(Nc3ccc(-c4cn[nH]c4)cc3)n1)C2. The maximum Gasteiger partial charge on any atom is 0.282 e. The van der Waals surface area contributed by atoms with Crippen LogP contribution >= 0.6 is 11.6 Å². The largest absolute Gasteiger partial charge is 0.341 e. The fourth-order valence-corrected chi connectivity index (χ4v) is 5.23. The molecule has 2 aliphatic rings. The van der Waals surface area contributed by atoms with E-state index in [1.165, 1.54) is 0 Å². The van der Waals surface area contributed by atoms with Crippen LogP contribution in [0.25, 0.3) is 11.1 Å². The van der Waals surface area contributed by atoms with Crippen molar-refractivity contribution in [2.24, 2.45) is 7.05 Å². The Bertz CT molecular complexity index is 1510. The summed E-state index contributed by atoms with van der Waals surface area (Å²) < 4.78 is 42.9. The molecule has 9 nitrogen and oxygen atoms in total. The molecule has 0 unspecified atom stereocenters. The van der Waals surface area contributed by atoms with Gasteiger partial charge in [0.05, 0.1) is 37.1 Å². The molecule has 1 amide bonds. The van der Waals surface area contributed by atoms with Gasteiger partial charge >= 0.3 is 0 Å². The van der Waals surface area contributed by atoms with E-state index >= 15 is 0 Å². The number of nitrogens with one attached hydrogen (secondary N) is 2. The highest BCUT2D eigenvalue weighted by Gasteiger charge is 2.47. The van der Waals surface area contributed by atoms with Crippen LogP contribution in [0.15, 0.2) is 42.9 Å². The van der Waals surface area contributed by atoms with E-state index in [2.05, 4.69) is 25.5 Å². The molecule has 0 atom stereocenters. The second-order valence-corrected chi connectivity index (χ2v) is 9.77. The zero-order valence-corrected chi connectivity index (χ0v) is 20.9. The minimum Gasteiger partial charge on any atom is -0.341 e. The average molecular weight is 543 g/mol. The summed E-state index contributed by atoms with van der Waals surface area (Å²) in [5.41, 5.74) is 4.28. The van der Waals surface area contributed by atoms with Crippen molar-refractivity contribution in [2.75, 3.05) is 29.9 Å². The van der Waals surface area contributed by atoms with Crippen LogP contribution in [0, 0.1) is 5.82 Å². The Morgan fingerprint density at radius 2 is 1.92 bits per heavy atom. The van der Waals surface area contributed by atoms with Crippen molar-refractivity contribution in [1.82, 2.24) is 29.6 Å². The Morgan fingerprint density at radius 1 is 1.16 bits per heavy atom. The molecule has 4 aromatic rings. The van der Waals surface area contributed by atoms with Gasteiger partial charge in [-0.1, -0.05) is 23.7 Å². The maximum absolute atomic E-state index is 14.6. The number of carbonyl (C=O) groups excluding carboxylic acids is 1. The number of hydrogen-bond donors (Lipinski definition) is 2. The second kappa shape index (κ2) is 9.05. The fourth-order valence-electron chi connectivity index (χ4n) is 4.82. The molecule has 0 radical (unpaired) electrons. The quantitative estimate of drug-likeness (QED) is 0.388. The zero-order valence-electron chi connectivity index (χ0n) is 20.2. The van der Waals surface area contributed by atoms with E-state index in [0.29, 0.717) is 31.1 Å². The number of alkyl halides is 2. The molecule has 1 aromatic carbocycles. The van der Waals surface area contributed by atoms with Crippen molar-refractivity contribution in [3.8, 4) is 11.1 Å². The van der Waals surface area contributed by atoms with Gasteiger partial charge in [0.1, 0.15) is 5.69 Å². The number of aromatic amines is 1. The van der Waals surface area contributed by atoms with Gasteiger partial charge in [0.2, 0.25) is 5.95 Å². The molecule has 0 spiro atoms. The number of amides is 1. The van der Waals surface area contributed by atoms with Crippen LogP contribution in [0.1, 0.15) is 21.7 Å². The standard InChI is InChI=1S/C25H22ClF3N8O/c1-35-19-11-36(7-6-17(19)20(26)21(35)23(38)37-12-25(28,29)13-37)24-30-10-18(27)22(34-24)33-16-4-2-14(3-5-16)15-8-31-32-9-15/h2-5,8-10H,6-7,11-13H2,1H3,(H,31,32)(H,30,33,34). The van der Waals surface area contributed by atoms with E-state index < -0.39 is 30.7 Å². The van der Waals surface area contributed by atoms with Crippen molar-refractivity contribution in [2.45, 2.75) is 18.9 Å². The van der Waals surface area contributed by atoms with E-state index in [-0.39, 0.29) is 16.5 Å². The first-order valence-electron chi connectivity index (χ1n) is 11.9. The lowest BCUT2D eigenvalue weighted by Crippen LogP contribution is -2.58. The summed E-state index contributed by atoms with van der Waals surface area (Å²) in [7, 11) is 1.69. The number of hydrogen-bond acceptors (Lipinski definition) is 6. The molecule has 196 valence electrons. The molecular formula is C25H22ClF3N8O. The van der Waals surface area contributed by atoms with Gasteiger partial charge in [-0.05, 0) is 29.7 Å². The Balaban J connectivity index is 1.21. The number of halogens is 4. The molecule has 2 aliphatic heterocycles. The molecule has 6 rings (SSSR count). The number of aromatic nitrogens is 5. The van der Waals surface area contributed by atoms with E-state index in [1.54, 1.807) is 24.0 Å². The van der Waals surface area contributed by atoms with Crippen LogP contribution in [0.3, 0.4) is 0 Å². The fraction of sp³-hybridized carbons (Fsp3) is 0.280. The van der Waals surface area contributed by atoms with Gasteiger partial charge in [-0.15, -0.1) is 0 Å². The molecule has 0 bridgehead atoms. The Morgan fingerprint density at radius 3 is 2.61 bits per heavy atom. The Labute approximate surface area is 220 Å². The van der Waals surface area contributed by atoms with Crippen molar-refractivity contribution in [3.63, 3.8) is 0 Å². The Kier molecular flexibility index (Phi) is 5.78. The number of benzene rings is 1. The summed E-state index contributed by atoms with van der Waals surface area (Å²) >= 11 is 6.54. The molecule has 38 heavy (non-hydrogen) atoms. The molecule has 1 fully saturated rings. The van der Waals surface area contributed by atoms with E-state index in [0.717, 1.165) is 33.5 Å². The third-order valence-corrected chi connectivity index (χ3v) is 7.27. The van der Waals surface area contributed by atoms with Crippen LogP contribution in [0.4, 0.5) is 30.6 Å². The van der Waals surface area contributed by atoms with Crippen LogP contribution in [0.2, 0.25) is 5.02 Å². The molecule has 2 N–H and O–H groups in total. The minimum atomic E-state index is -2.86. The predicted molar refractivity (Wildman–Crippen MR) is 135 cm³/mol. The number of anilines is 3. The number of rotatable bonds is 5. The van der Waals surface area contributed by atoms with Gasteiger partial charge in [-0.3, -0.25) is 9.89 Å². The summed E-state index contributed by atoms with van der Waals surface area (Å²) in [6, 6.07) is 7.40. The number of fused-ring (bicyclic) bond motifs is 1. The first-order valence-corrected chi connectivity index (χ1v) is 12.2. The molecule has 3 aromatic heterocycles. The van der Waals surface area contributed by atoms with Gasteiger partial charge in [0.25, 0.3) is 11.8 Å². The summed E-state index contributed by atoms with van der Waals surface area (Å²) in [6.45, 7) is -0.430. The van der Waals surface area contributed by atoms with Gasteiger partial charge in [-0.2, -0.15) is 10.1 Å². The lowest BCUT2D eigenvalue weighted by Gasteiger charge is -2.38. The molecule has 0 saturated carbocycles. The number of likely N-dealkylation sites (tertiary alicyclic amines) is 1. The maximum atomic E-state index is 14.6. The van der Waals surface area contributed by atoms with Crippen LogP contribution in [-0.4, -0.2) is 61.1 Å². The normalized spacial score (nSPS) is 16.2. The minimum absolute atomic E-state index is 0.0244. The first-order chi connectivity index (χ1) is 18.2. The summed E-state index contributed by atoms with van der Waals surface area (Å²) in [4.78, 5) is 24.4. The van der Waals surface area contributed by atoms with Crippen LogP contribution in [0.5, 0.6) is 0 Å². The molecule has 0 aliphatic carbocycles. The van der Waals surface area contributed by atoms with Crippen molar-refractivity contribution < 1.29 is 18.0 Å². The van der Waals surface area contributed by atoms with E-state index in [9.17, 15) is 18.0 Å². The highest BCUT2D eigenvalue weighted by molar-refractivity contribution is 6.34. The van der Waals surface area contributed by atoms with Crippen LogP contribution in [-0.2, 0) is 20.0 Å². The van der Waals surface area contributed by atoms with E-state index in [4.69, 9.17) is 11.6 Å². The zero-order chi connectivity index (χ0) is 26.6. The van der Waals surface area contributed by atoms with Crippen molar-refractivity contribution in [3.05, 3.63) is 70.6 Å². The lowest BCUT2D eigenvalue weighted by molar-refractivity contribution is -0.113. The van der Waals surface area contributed by atoms with Gasteiger partial charge < -0.3 is 19.7 Å². The van der Waals surface area contributed by atoms with Crippen molar-refractivity contribution >= 4 is 35.0 Å². The van der Waals surface area contributed by atoms with Gasteiger partial charge in [0.15, 0.2) is 11.6 Å².